The molecule has 1 amide bonds. The fourth-order valence-corrected chi connectivity index (χ4v) is 7.61. The molecule has 0 spiro atoms. The Morgan fingerprint density at radius 2 is 0.966 bits per heavy atom. The fourth-order valence-electron chi connectivity index (χ4n) is 7.61. The lowest BCUT2D eigenvalue weighted by molar-refractivity contribution is -0.390. The molecular weight excluding hydrogens is 798 g/mol. The van der Waals surface area contributed by atoms with E-state index < -0.39 is 192 Å². The van der Waals surface area contributed by atoms with E-state index in [1.807, 2.05) is 0 Å². The van der Waals surface area contributed by atoms with E-state index in [2.05, 4.69) is 5.32 Å². The Morgan fingerprint density at radius 3 is 1.45 bits per heavy atom. The largest absolute Gasteiger partial charge is 0.394 e. The number of carbonyl (C=O) groups excluding carboxylic acids is 1. The molecule has 6 fully saturated rings. The van der Waals surface area contributed by atoms with Crippen LogP contribution in [0.3, 0.4) is 0 Å². The summed E-state index contributed by atoms with van der Waals surface area (Å²) in [6, 6.07) is -1.57. The normalized spacial score (nSPS) is 53.2. The van der Waals surface area contributed by atoms with E-state index >= 15 is 0 Å². The van der Waals surface area contributed by atoms with Crippen LogP contribution in [0, 0.1) is 0 Å². The average Bonchev–Trinajstić information content (AvgIpc) is 3.19. The van der Waals surface area contributed by atoms with Crippen LogP contribution in [0.5, 0.6) is 0 Å². The Labute approximate surface area is 328 Å². The van der Waals surface area contributed by atoms with Crippen molar-refractivity contribution in [3.05, 3.63) is 0 Å². The van der Waals surface area contributed by atoms with Gasteiger partial charge in [0.05, 0.1) is 33.0 Å². The van der Waals surface area contributed by atoms with Crippen molar-refractivity contribution in [1.29, 1.82) is 0 Å². The maximum atomic E-state index is 12.1. The minimum Gasteiger partial charge on any atom is -0.394 e. The standard InChI is InChI=1S/C32H53NO25/c1-7(37)33-13-19(43)14(38)8(2-34)51-28(13)56-27-18(42)12-6-50-30-22(46)25(16(40)9(3-35)53-30)57-31-21(45)20(44)15(39)11(54-31)5-49-29-23(47)26(17(41)10(4-36)52-29)58-32(55-12)24(27)48/h8-32,34-36,38-48H,2-6H2,1H3,(H,33,37)/t8-,9-,10-,11+,12-,13-,14-,15+,16-,17-,18-,19-,20-,21+,22-,23-,24-,25+,26+,27+,28+,29+,30+,31+,32-/m1/s1. The third kappa shape index (κ3) is 9.16. The molecule has 0 aromatic rings. The van der Waals surface area contributed by atoms with E-state index in [1.165, 1.54) is 0 Å². The summed E-state index contributed by atoms with van der Waals surface area (Å²) in [6.07, 6.45) is -44.1. The number of ether oxygens (including phenoxy) is 10. The predicted octanol–water partition coefficient (Wildman–Crippen LogP) is -10.7. The molecule has 26 nitrogen and oxygen atoms in total. The first-order valence-electron chi connectivity index (χ1n) is 18.6. The van der Waals surface area contributed by atoms with Crippen LogP contribution in [0.1, 0.15) is 6.92 Å². The number of amides is 1. The van der Waals surface area contributed by atoms with E-state index in [0.717, 1.165) is 6.92 Å². The van der Waals surface area contributed by atoms with Crippen LogP contribution in [0.25, 0.3) is 0 Å². The molecule has 6 aliphatic rings. The van der Waals surface area contributed by atoms with E-state index in [-0.39, 0.29) is 0 Å². The second-order valence-corrected chi connectivity index (χ2v) is 14.9. The smallest absolute Gasteiger partial charge is 0.217 e. The molecule has 0 radical (unpaired) electrons. The van der Waals surface area contributed by atoms with Gasteiger partial charge in [-0.2, -0.15) is 0 Å². The third-order valence-corrected chi connectivity index (χ3v) is 10.9. The lowest BCUT2D eigenvalue weighted by atomic mass is 9.95. The zero-order valence-electron chi connectivity index (χ0n) is 30.7. The van der Waals surface area contributed by atoms with Gasteiger partial charge in [0.2, 0.25) is 5.91 Å². The van der Waals surface area contributed by atoms with Gasteiger partial charge in [0.15, 0.2) is 31.5 Å². The molecule has 6 aliphatic heterocycles. The van der Waals surface area contributed by atoms with Gasteiger partial charge in [-0.25, -0.2) is 0 Å². The summed E-state index contributed by atoms with van der Waals surface area (Å²) in [5.74, 6) is -0.733. The number of carbonyl (C=O) groups is 1. The van der Waals surface area contributed by atoms with Crippen LogP contribution in [0.2, 0.25) is 0 Å². The van der Waals surface area contributed by atoms with E-state index in [4.69, 9.17) is 47.4 Å². The van der Waals surface area contributed by atoms with E-state index in [1.54, 1.807) is 0 Å². The molecule has 0 aliphatic carbocycles. The van der Waals surface area contributed by atoms with Crippen molar-refractivity contribution in [1.82, 2.24) is 5.32 Å². The SMILES string of the molecule is CC(=O)N[C@H]1[C@H](O[C@@H]2[C@@H](O)[C@H]3O[C@@H]4[C@@H](O)[C@@H](OC[C@@H]5O[C@@H](O[C@@H]6[C@@H](O)[C@@H](OC[C@@H](O3)[C@H]2O)O[C@H](CO)[C@H]6O)[C@@H](O)[C@H](O)[C@H]5O)O[C@H](CO)[C@H]4O)O[C@H](CO)[C@@H](O)[C@@H]1O. The highest BCUT2D eigenvalue weighted by atomic mass is 16.8. The van der Waals surface area contributed by atoms with Gasteiger partial charge in [-0.3, -0.25) is 4.79 Å². The van der Waals surface area contributed by atoms with Gasteiger partial charge in [-0.15, -0.1) is 0 Å². The Morgan fingerprint density at radius 1 is 0.500 bits per heavy atom. The van der Waals surface area contributed by atoms with Crippen LogP contribution in [-0.2, 0) is 52.2 Å². The van der Waals surface area contributed by atoms with Gasteiger partial charge in [-0.05, 0) is 0 Å². The summed E-state index contributed by atoms with van der Waals surface area (Å²) in [6.45, 7) is -3.14. The Kier molecular flexibility index (Phi) is 15.3. The van der Waals surface area contributed by atoms with Crippen LogP contribution < -0.4 is 5.32 Å². The first-order valence-corrected chi connectivity index (χ1v) is 18.6. The van der Waals surface area contributed by atoms with Gasteiger partial charge in [0.1, 0.15) is 122 Å². The summed E-state index contributed by atoms with van der Waals surface area (Å²) < 4.78 is 57.0. The molecule has 336 valence electrons. The highest BCUT2D eigenvalue weighted by Gasteiger charge is 2.56. The summed E-state index contributed by atoms with van der Waals surface area (Å²) in [5.41, 5.74) is 0. The van der Waals surface area contributed by atoms with Gasteiger partial charge >= 0.3 is 0 Å². The first-order chi connectivity index (χ1) is 27.5. The molecule has 58 heavy (non-hydrogen) atoms. The van der Waals surface area contributed by atoms with Gasteiger partial charge < -0.3 is 124 Å². The molecule has 6 rings (SSSR count). The topological polar surface area (TPSA) is 405 Å². The number of nitrogens with one attached hydrogen (secondary N) is 1. The lowest BCUT2D eigenvalue weighted by Crippen LogP contribution is -2.69. The molecule has 8 bridgehead atoms. The van der Waals surface area contributed by atoms with Crippen molar-refractivity contribution in [2.24, 2.45) is 0 Å². The van der Waals surface area contributed by atoms with E-state index in [0.29, 0.717) is 0 Å². The predicted molar refractivity (Wildman–Crippen MR) is 175 cm³/mol. The van der Waals surface area contributed by atoms with Crippen LogP contribution >= 0.6 is 0 Å². The quantitative estimate of drug-likeness (QED) is 0.118. The number of aliphatic hydroxyl groups excluding tert-OH is 14. The van der Waals surface area contributed by atoms with Crippen molar-refractivity contribution in [3.63, 3.8) is 0 Å². The van der Waals surface area contributed by atoms with E-state index in [9.17, 15) is 76.3 Å². The average molecular weight is 852 g/mol. The van der Waals surface area contributed by atoms with Crippen LogP contribution in [0.15, 0.2) is 0 Å². The maximum absolute atomic E-state index is 12.1. The van der Waals surface area contributed by atoms with Crippen molar-refractivity contribution < 1.29 is 124 Å². The van der Waals surface area contributed by atoms with Crippen molar-refractivity contribution in [2.45, 2.75) is 160 Å². The summed E-state index contributed by atoms with van der Waals surface area (Å²) in [7, 11) is 0. The van der Waals surface area contributed by atoms with Gasteiger partial charge in [0.25, 0.3) is 0 Å². The molecule has 26 heteroatoms. The van der Waals surface area contributed by atoms with Gasteiger partial charge in [-0.1, -0.05) is 0 Å². The summed E-state index contributed by atoms with van der Waals surface area (Å²) >= 11 is 0. The molecule has 0 saturated carbocycles. The van der Waals surface area contributed by atoms with Crippen LogP contribution in [0.4, 0.5) is 0 Å². The van der Waals surface area contributed by atoms with Gasteiger partial charge in [0, 0.05) is 6.92 Å². The van der Waals surface area contributed by atoms with Crippen molar-refractivity contribution in [2.75, 3.05) is 33.0 Å². The number of rotatable bonds is 6. The number of hydrogen-bond donors (Lipinski definition) is 15. The molecule has 15 N–H and O–H groups in total. The summed E-state index contributed by atoms with van der Waals surface area (Å²) in [5, 5.41) is 153. The highest BCUT2D eigenvalue weighted by molar-refractivity contribution is 5.73. The minimum atomic E-state index is -2.12. The highest BCUT2D eigenvalue weighted by Crippen LogP contribution is 2.35. The molecular formula is C32H53NO25. The first kappa shape index (κ1) is 46.0. The maximum Gasteiger partial charge on any atom is 0.217 e. The molecule has 0 unspecified atom stereocenters. The third-order valence-electron chi connectivity index (χ3n) is 10.9. The Balaban J connectivity index is 1.35. The number of aliphatic hydroxyl groups is 14. The molecule has 6 heterocycles. The second kappa shape index (κ2) is 19.3. The molecule has 0 aromatic carbocycles. The number of hydrogen-bond acceptors (Lipinski definition) is 25. The molecule has 25 atom stereocenters. The zero-order valence-corrected chi connectivity index (χ0v) is 30.7. The fraction of sp³-hybridized carbons (Fsp3) is 0.969. The van der Waals surface area contributed by atoms with Crippen molar-refractivity contribution >= 4 is 5.91 Å². The molecule has 6 saturated heterocycles. The zero-order chi connectivity index (χ0) is 42.3. The second-order valence-electron chi connectivity index (χ2n) is 14.9. The minimum absolute atomic E-state index is 0.733. The Bertz CT molecular complexity index is 1340. The molecule has 0 aromatic heterocycles. The summed E-state index contributed by atoms with van der Waals surface area (Å²) in [4.78, 5) is 12.1. The van der Waals surface area contributed by atoms with Crippen LogP contribution in [-0.4, -0.2) is 264 Å². The monoisotopic (exact) mass is 851 g/mol. The Hall–Kier alpha value is -1.49. The lowest BCUT2D eigenvalue weighted by Gasteiger charge is -2.49. The number of fused-ring (bicyclic) bond motifs is 8. The van der Waals surface area contributed by atoms with Crippen molar-refractivity contribution in [3.8, 4) is 0 Å².